The minimum absolute atomic E-state index is 0.217. The van der Waals surface area contributed by atoms with Crippen molar-refractivity contribution < 1.29 is 9.90 Å². The monoisotopic (exact) mass is 169 g/mol. The van der Waals surface area contributed by atoms with Gasteiger partial charge in [-0.2, -0.15) is 0 Å². The Hall–Kier alpha value is -0.570. The van der Waals surface area contributed by atoms with Crippen molar-refractivity contribution in [3.05, 3.63) is 0 Å². The van der Waals surface area contributed by atoms with Gasteiger partial charge in [0.05, 0.1) is 0 Å². The van der Waals surface area contributed by atoms with E-state index in [1.165, 1.54) is 19.3 Å². The molecule has 1 N–H and O–H groups in total. The van der Waals surface area contributed by atoms with E-state index >= 15 is 0 Å². The largest absolute Gasteiger partial charge is 0.480 e. The van der Waals surface area contributed by atoms with E-state index in [1.54, 1.807) is 0 Å². The average molecular weight is 169 g/mol. The summed E-state index contributed by atoms with van der Waals surface area (Å²) >= 11 is 0. The second kappa shape index (κ2) is 2.46. The molecular weight excluding hydrogens is 154 g/mol. The quantitative estimate of drug-likeness (QED) is 0.635. The number of likely N-dealkylation sites (N-methyl/N-ethyl adjacent to an activating group) is 1. The molecule has 1 saturated carbocycles. The van der Waals surface area contributed by atoms with E-state index in [1.807, 2.05) is 11.9 Å². The van der Waals surface area contributed by atoms with Crippen molar-refractivity contribution in [1.29, 1.82) is 0 Å². The fourth-order valence-corrected chi connectivity index (χ4v) is 2.58. The summed E-state index contributed by atoms with van der Waals surface area (Å²) in [7, 11) is 1.92. The van der Waals surface area contributed by atoms with Crippen molar-refractivity contribution in [1.82, 2.24) is 4.90 Å². The lowest BCUT2D eigenvalue weighted by atomic mass is 9.67. The number of carbonyl (C=O) groups is 1. The first-order valence-electron chi connectivity index (χ1n) is 4.56. The van der Waals surface area contributed by atoms with Crippen LogP contribution in [0.25, 0.3) is 0 Å². The Morgan fingerprint density at radius 2 is 2.25 bits per heavy atom. The lowest BCUT2D eigenvalue weighted by molar-refractivity contribution is -0.141. The van der Waals surface area contributed by atoms with Crippen LogP contribution >= 0.6 is 0 Å². The highest BCUT2D eigenvalue weighted by Gasteiger charge is 2.48. The number of carboxylic acids is 1. The Balaban J connectivity index is 2.06. The summed E-state index contributed by atoms with van der Waals surface area (Å²) in [5, 5.41) is 8.89. The van der Waals surface area contributed by atoms with Gasteiger partial charge in [-0.25, -0.2) is 0 Å². The summed E-state index contributed by atoms with van der Waals surface area (Å²) in [6.07, 6.45) is 4.64. The summed E-state index contributed by atoms with van der Waals surface area (Å²) in [5.41, 5.74) is 0.387. The van der Waals surface area contributed by atoms with Gasteiger partial charge in [0.15, 0.2) is 0 Å². The average Bonchev–Trinajstić information content (AvgIpc) is 2.26. The molecule has 2 rings (SSSR count). The summed E-state index contributed by atoms with van der Waals surface area (Å²) < 4.78 is 0. The molecule has 68 valence electrons. The minimum Gasteiger partial charge on any atom is -0.480 e. The van der Waals surface area contributed by atoms with Gasteiger partial charge in [-0.3, -0.25) is 9.69 Å². The topological polar surface area (TPSA) is 40.5 Å². The minimum atomic E-state index is -0.652. The highest BCUT2D eigenvalue weighted by Crippen LogP contribution is 2.49. The molecule has 1 aliphatic heterocycles. The van der Waals surface area contributed by atoms with E-state index in [4.69, 9.17) is 5.11 Å². The van der Waals surface area contributed by atoms with E-state index < -0.39 is 5.97 Å². The van der Waals surface area contributed by atoms with Crippen molar-refractivity contribution >= 4 is 5.97 Å². The van der Waals surface area contributed by atoms with Crippen LogP contribution in [0.4, 0.5) is 0 Å². The first kappa shape index (κ1) is 8.05. The number of hydrogen-bond acceptors (Lipinski definition) is 2. The van der Waals surface area contributed by atoms with Crippen LogP contribution in [0.5, 0.6) is 0 Å². The molecule has 3 nitrogen and oxygen atoms in total. The molecule has 0 amide bonds. The van der Waals surface area contributed by atoms with Crippen LogP contribution < -0.4 is 0 Å². The van der Waals surface area contributed by atoms with Gasteiger partial charge in [0.25, 0.3) is 0 Å². The zero-order valence-electron chi connectivity index (χ0n) is 7.42. The molecule has 0 radical (unpaired) electrons. The van der Waals surface area contributed by atoms with Crippen LogP contribution in [0.2, 0.25) is 0 Å². The molecule has 1 saturated heterocycles. The van der Waals surface area contributed by atoms with Crippen molar-refractivity contribution in [2.75, 3.05) is 13.6 Å². The Morgan fingerprint density at radius 3 is 2.50 bits per heavy atom. The Bertz CT molecular complexity index is 211. The van der Waals surface area contributed by atoms with Crippen LogP contribution in [0, 0.1) is 5.41 Å². The van der Waals surface area contributed by atoms with Gasteiger partial charge >= 0.3 is 5.97 Å². The maximum Gasteiger partial charge on any atom is 0.320 e. The molecule has 2 aliphatic rings. The van der Waals surface area contributed by atoms with Gasteiger partial charge in [-0.05, 0) is 31.7 Å². The molecule has 3 heteroatoms. The first-order chi connectivity index (χ1) is 5.63. The molecule has 2 fully saturated rings. The van der Waals surface area contributed by atoms with Gasteiger partial charge in [-0.1, -0.05) is 6.42 Å². The summed E-state index contributed by atoms with van der Waals surface area (Å²) in [6.45, 7) is 0.990. The fourth-order valence-electron chi connectivity index (χ4n) is 2.58. The zero-order valence-corrected chi connectivity index (χ0v) is 7.42. The van der Waals surface area contributed by atoms with E-state index in [0.29, 0.717) is 5.41 Å². The third kappa shape index (κ3) is 1.04. The second-order valence-corrected chi connectivity index (χ2v) is 4.33. The number of aliphatic carboxylic acids is 1. The van der Waals surface area contributed by atoms with Crippen molar-refractivity contribution in [2.45, 2.75) is 31.7 Å². The van der Waals surface area contributed by atoms with Gasteiger partial charge in [0.1, 0.15) is 6.04 Å². The van der Waals surface area contributed by atoms with E-state index in [2.05, 4.69) is 0 Å². The maximum atomic E-state index is 10.8. The first-order valence-corrected chi connectivity index (χ1v) is 4.56. The second-order valence-electron chi connectivity index (χ2n) is 4.33. The molecule has 1 heterocycles. The SMILES string of the molecule is CN1CC2(CCC2)C[C@H]1C(=O)O. The van der Waals surface area contributed by atoms with Crippen LogP contribution in [0.3, 0.4) is 0 Å². The molecule has 1 aliphatic carbocycles. The molecule has 0 unspecified atom stereocenters. The third-order valence-corrected chi connectivity index (χ3v) is 3.44. The molecule has 1 spiro atoms. The van der Waals surface area contributed by atoms with Crippen molar-refractivity contribution in [2.24, 2.45) is 5.41 Å². The zero-order chi connectivity index (χ0) is 8.77. The normalized spacial score (nSPS) is 33.6. The van der Waals surface area contributed by atoms with Crippen LogP contribution in [0.1, 0.15) is 25.7 Å². The van der Waals surface area contributed by atoms with Crippen LogP contribution in [-0.2, 0) is 4.79 Å². The fraction of sp³-hybridized carbons (Fsp3) is 0.889. The van der Waals surface area contributed by atoms with Crippen molar-refractivity contribution in [3.63, 3.8) is 0 Å². The van der Waals surface area contributed by atoms with Crippen LogP contribution in [-0.4, -0.2) is 35.6 Å². The van der Waals surface area contributed by atoms with E-state index in [9.17, 15) is 4.79 Å². The number of nitrogens with zero attached hydrogens (tertiary/aromatic N) is 1. The Kier molecular flexibility index (Phi) is 1.65. The summed E-state index contributed by atoms with van der Waals surface area (Å²) in [5.74, 6) is -0.652. The smallest absolute Gasteiger partial charge is 0.320 e. The standard InChI is InChI=1S/C9H15NO2/c1-10-6-9(3-2-4-9)5-7(10)8(11)12/h7H,2-6H2,1H3,(H,11,12)/t7-/m0/s1. The lowest BCUT2D eigenvalue weighted by Gasteiger charge is -2.37. The third-order valence-electron chi connectivity index (χ3n) is 3.44. The predicted octanol–water partition coefficient (Wildman–Crippen LogP) is 0.945. The highest BCUT2D eigenvalue weighted by atomic mass is 16.4. The van der Waals surface area contributed by atoms with E-state index in [0.717, 1.165) is 13.0 Å². The number of likely N-dealkylation sites (tertiary alicyclic amines) is 1. The van der Waals surface area contributed by atoms with Gasteiger partial charge in [0, 0.05) is 6.54 Å². The summed E-state index contributed by atoms with van der Waals surface area (Å²) in [6, 6.07) is -0.217. The van der Waals surface area contributed by atoms with Crippen molar-refractivity contribution in [3.8, 4) is 0 Å². The molecule has 0 aromatic heterocycles. The van der Waals surface area contributed by atoms with Gasteiger partial charge < -0.3 is 5.11 Å². The van der Waals surface area contributed by atoms with Gasteiger partial charge in [0.2, 0.25) is 0 Å². The Morgan fingerprint density at radius 1 is 1.58 bits per heavy atom. The van der Waals surface area contributed by atoms with Crippen LogP contribution in [0.15, 0.2) is 0 Å². The molecule has 1 atom stereocenters. The van der Waals surface area contributed by atoms with E-state index in [-0.39, 0.29) is 6.04 Å². The number of hydrogen-bond donors (Lipinski definition) is 1. The molecule has 0 aromatic rings. The molecule has 0 aromatic carbocycles. The number of carboxylic acid groups (broad SMARTS) is 1. The lowest BCUT2D eigenvalue weighted by Crippen LogP contribution is -2.33. The predicted molar refractivity (Wildman–Crippen MR) is 45.0 cm³/mol. The molecule has 12 heavy (non-hydrogen) atoms. The summed E-state index contributed by atoms with van der Waals surface area (Å²) in [4.78, 5) is 12.8. The highest BCUT2D eigenvalue weighted by molar-refractivity contribution is 5.74. The van der Waals surface area contributed by atoms with Gasteiger partial charge in [-0.15, -0.1) is 0 Å². The molecule has 0 bridgehead atoms. The Labute approximate surface area is 72.4 Å². The number of rotatable bonds is 1. The maximum absolute atomic E-state index is 10.8. The molecular formula is C9H15NO2.